The molecule has 3 aromatic rings. The molecule has 1 aliphatic heterocycles. The molecule has 0 radical (unpaired) electrons. The van der Waals surface area contributed by atoms with E-state index in [1.54, 1.807) is 18.1 Å². The lowest BCUT2D eigenvalue weighted by Gasteiger charge is -2.21. The van der Waals surface area contributed by atoms with E-state index < -0.39 is 0 Å². The number of para-hydroxylation sites is 1. The van der Waals surface area contributed by atoms with Crippen LogP contribution in [0.3, 0.4) is 0 Å². The topological polar surface area (TPSA) is 81.6 Å². The number of nitrogens with zero attached hydrogens (tertiary/aromatic N) is 3. The maximum Gasteiger partial charge on any atom is 0.276 e. The summed E-state index contributed by atoms with van der Waals surface area (Å²) in [6, 6.07) is 10.9. The van der Waals surface area contributed by atoms with Gasteiger partial charge in [0.25, 0.3) is 5.91 Å². The largest absolute Gasteiger partial charge is 0.496 e. The molecule has 1 fully saturated rings. The zero-order chi connectivity index (χ0) is 18.8. The number of hydrogen-bond acceptors (Lipinski definition) is 6. The molecule has 1 aromatic carbocycles. The van der Waals surface area contributed by atoms with E-state index in [0.717, 1.165) is 36.3 Å². The molecule has 1 saturated heterocycles. The van der Waals surface area contributed by atoms with Crippen LogP contribution in [0.15, 0.2) is 45.4 Å². The Balaban J connectivity index is 1.58. The van der Waals surface area contributed by atoms with E-state index in [0.29, 0.717) is 18.1 Å². The minimum absolute atomic E-state index is 0.114. The Kier molecular flexibility index (Phi) is 4.66. The van der Waals surface area contributed by atoms with Gasteiger partial charge in [-0.3, -0.25) is 4.79 Å². The highest BCUT2D eigenvalue weighted by atomic mass is 16.5. The van der Waals surface area contributed by atoms with Crippen LogP contribution in [0.5, 0.6) is 5.75 Å². The van der Waals surface area contributed by atoms with Gasteiger partial charge in [0.05, 0.1) is 24.4 Å². The molecule has 0 aliphatic carbocycles. The molecule has 2 aromatic heterocycles. The Hall–Kier alpha value is -3.09. The molecular weight excluding hydrogens is 346 g/mol. The van der Waals surface area contributed by atoms with Crippen molar-refractivity contribution in [3.63, 3.8) is 0 Å². The van der Waals surface area contributed by atoms with Crippen LogP contribution in [0.25, 0.3) is 11.3 Å². The van der Waals surface area contributed by atoms with Gasteiger partial charge in [0.2, 0.25) is 0 Å². The summed E-state index contributed by atoms with van der Waals surface area (Å²) in [4.78, 5) is 14.8. The first kappa shape index (κ1) is 17.3. The third kappa shape index (κ3) is 3.20. The third-order valence-electron chi connectivity index (χ3n) is 4.88. The average molecular weight is 367 g/mol. The summed E-state index contributed by atoms with van der Waals surface area (Å²) in [6.45, 7) is 2.68. The molecule has 7 nitrogen and oxygen atoms in total. The first-order chi connectivity index (χ1) is 13.2. The molecule has 7 heteroatoms. The van der Waals surface area contributed by atoms with E-state index in [4.69, 9.17) is 13.8 Å². The second kappa shape index (κ2) is 7.26. The van der Waals surface area contributed by atoms with Crippen molar-refractivity contribution in [2.75, 3.05) is 13.7 Å². The fraction of sp³-hybridized carbons (Fsp3) is 0.350. The molecule has 0 saturated carbocycles. The standard InChI is InChI=1S/C20H21N3O4/c1-3-13-11-19(27-21-13)16-8-6-10-23(16)20(24)15-12-18(26-22-15)14-7-4-5-9-17(14)25-2/h4-5,7,9,11-12,16H,3,6,8,10H2,1-2H3/t16-/m1/s1. The van der Waals surface area contributed by atoms with E-state index in [-0.39, 0.29) is 17.6 Å². The van der Waals surface area contributed by atoms with Crippen molar-refractivity contribution in [1.29, 1.82) is 0 Å². The molecule has 27 heavy (non-hydrogen) atoms. The van der Waals surface area contributed by atoms with E-state index in [1.165, 1.54) is 0 Å². The second-order valence-corrected chi connectivity index (χ2v) is 6.51. The van der Waals surface area contributed by atoms with Gasteiger partial charge in [-0.15, -0.1) is 0 Å². The van der Waals surface area contributed by atoms with Crippen molar-refractivity contribution >= 4 is 5.91 Å². The molecule has 140 valence electrons. The number of aryl methyl sites for hydroxylation is 1. The number of rotatable bonds is 5. The number of amides is 1. The normalized spacial score (nSPS) is 16.7. The Labute approximate surface area is 156 Å². The number of likely N-dealkylation sites (tertiary alicyclic amines) is 1. The highest BCUT2D eigenvalue weighted by Crippen LogP contribution is 2.35. The van der Waals surface area contributed by atoms with Crippen LogP contribution < -0.4 is 4.74 Å². The molecule has 0 N–H and O–H groups in total. The Morgan fingerprint density at radius 1 is 1.26 bits per heavy atom. The second-order valence-electron chi connectivity index (χ2n) is 6.51. The van der Waals surface area contributed by atoms with Crippen LogP contribution >= 0.6 is 0 Å². The van der Waals surface area contributed by atoms with Gasteiger partial charge in [0.15, 0.2) is 17.2 Å². The quantitative estimate of drug-likeness (QED) is 0.681. The molecule has 1 atom stereocenters. The maximum atomic E-state index is 13.0. The molecule has 4 rings (SSSR count). The minimum atomic E-state index is -0.170. The lowest BCUT2D eigenvalue weighted by atomic mass is 10.1. The van der Waals surface area contributed by atoms with Crippen LogP contribution in [0, 0.1) is 0 Å². The zero-order valence-corrected chi connectivity index (χ0v) is 15.3. The Morgan fingerprint density at radius 3 is 2.89 bits per heavy atom. The van der Waals surface area contributed by atoms with Gasteiger partial charge in [0, 0.05) is 18.7 Å². The average Bonchev–Trinajstić information content (AvgIpc) is 3.47. The number of carbonyl (C=O) groups is 1. The van der Waals surface area contributed by atoms with Crippen LogP contribution in [-0.4, -0.2) is 34.8 Å². The number of carbonyl (C=O) groups excluding carboxylic acids is 1. The summed E-state index contributed by atoms with van der Waals surface area (Å²) >= 11 is 0. The van der Waals surface area contributed by atoms with Crippen molar-refractivity contribution in [3.8, 4) is 17.1 Å². The van der Waals surface area contributed by atoms with E-state index >= 15 is 0 Å². The van der Waals surface area contributed by atoms with Gasteiger partial charge < -0.3 is 18.7 Å². The molecule has 1 aliphatic rings. The van der Waals surface area contributed by atoms with Crippen molar-refractivity contribution < 1.29 is 18.6 Å². The zero-order valence-electron chi connectivity index (χ0n) is 15.3. The smallest absolute Gasteiger partial charge is 0.276 e. The van der Waals surface area contributed by atoms with Gasteiger partial charge in [-0.05, 0) is 31.4 Å². The summed E-state index contributed by atoms with van der Waals surface area (Å²) in [6.07, 6.45) is 2.56. The molecular formula is C20H21N3O4. The predicted octanol–water partition coefficient (Wildman–Crippen LogP) is 3.88. The minimum Gasteiger partial charge on any atom is -0.496 e. The van der Waals surface area contributed by atoms with Gasteiger partial charge in [0.1, 0.15) is 5.75 Å². The SMILES string of the molecule is CCc1cc([C@H]2CCCN2C(=O)c2cc(-c3ccccc3OC)on2)on1. The first-order valence-electron chi connectivity index (χ1n) is 9.07. The fourth-order valence-corrected chi connectivity index (χ4v) is 3.46. The summed E-state index contributed by atoms with van der Waals surface area (Å²) in [5.74, 6) is 1.72. The number of ether oxygens (including phenoxy) is 1. The van der Waals surface area contributed by atoms with E-state index in [9.17, 15) is 4.79 Å². The highest BCUT2D eigenvalue weighted by Gasteiger charge is 2.34. The molecule has 3 heterocycles. The lowest BCUT2D eigenvalue weighted by Crippen LogP contribution is -2.30. The first-order valence-corrected chi connectivity index (χ1v) is 9.07. The van der Waals surface area contributed by atoms with Crippen molar-refractivity contribution in [3.05, 3.63) is 53.5 Å². The Morgan fingerprint density at radius 2 is 2.11 bits per heavy atom. The predicted molar refractivity (Wildman–Crippen MR) is 97.4 cm³/mol. The van der Waals surface area contributed by atoms with Crippen LogP contribution in [0.4, 0.5) is 0 Å². The van der Waals surface area contributed by atoms with Gasteiger partial charge in [-0.25, -0.2) is 0 Å². The number of aromatic nitrogens is 2. The molecule has 1 amide bonds. The van der Waals surface area contributed by atoms with E-state index in [2.05, 4.69) is 10.3 Å². The van der Waals surface area contributed by atoms with Crippen molar-refractivity contribution in [2.24, 2.45) is 0 Å². The molecule has 0 unspecified atom stereocenters. The van der Waals surface area contributed by atoms with E-state index in [1.807, 2.05) is 37.3 Å². The fourth-order valence-electron chi connectivity index (χ4n) is 3.46. The molecule has 0 spiro atoms. The highest BCUT2D eigenvalue weighted by molar-refractivity contribution is 5.93. The summed E-state index contributed by atoms with van der Waals surface area (Å²) < 4.78 is 16.2. The Bertz CT molecular complexity index is 946. The van der Waals surface area contributed by atoms with Crippen LogP contribution in [-0.2, 0) is 6.42 Å². The van der Waals surface area contributed by atoms with Crippen LogP contribution in [0.2, 0.25) is 0 Å². The summed E-state index contributed by atoms with van der Waals surface area (Å²) in [5.41, 5.74) is 1.93. The van der Waals surface area contributed by atoms with Crippen LogP contribution in [0.1, 0.15) is 47.7 Å². The molecule has 0 bridgehead atoms. The monoisotopic (exact) mass is 367 g/mol. The van der Waals surface area contributed by atoms with Gasteiger partial charge in [-0.2, -0.15) is 0 Å². The van der Waals surface area contributed by atoms with Gasteiger partial charge in [-0.1, -0.05) is 29.4 Å². The van der Waals surface area contributed by atoms with Crippen molar-refractivity contribution in [1.82, 2.24) is 15.2 Å². The number of hydrogen-bond donors (Lipinski definition) is 0. The summed E-state index contributed by atoms with van der Waals surface area (Å²) in [5, 5.41) is 8.04. The third-order valence-corrected chi connectivity index (χ3v) is 4.88. The maximum absolute atomic E-state index is 13.0. The number of methoxy groups -OCH3 is 1. The number of benzene rings is 1. The van der Waals surface area contributed by atoms with Gasteiger partial charge >= 0.3 is 0 Å². The summed E-state index contributed by atoms with van der Waals surface area (Å²) in [7, 11) is 1.60. The lowest BCUT2D eigenvalue weighted by molar-refractivity contribution is 0.0704. The van der Waals surface area contributed by atoms with Crippen molar-refractivity contribution in [2.45, 2.75) is 32.2 Å².